The highest BCUT2D eigenvalue weighted by Gasteiger charge is 2.09. The predicted octanol–water partition coefficient (Wildman–Crippen LogP) is -0.124. The second-order valence-corrected chi connectivity index (χ2v) is 4.66. The molecule has 1 heterocycles. The summed E-state index contributed by atoms with van der Waals surface area (Å²) < 4.78 is 4.48. The van der Waals surface area contributed by atoms with Gasteiger partial charge in [0.25, 0.3) is 0 Å². The molecule has 0 bridgehead atoms. The van der Waals surface area contributed by atoms with Gasteiger partial charge in [-0.25, -0.2) is 0 Å². The van der Waals surface area contributed by atoms with Crippen LogP contribution in [0.1, 0.15) is 11.1 Å². The second-order valence-electron chi connectivity index (χ2n) is 4.66. The minimum absolute atomic E-state index is 0. The monoisotopic (exact) mass is 376 g/mol. The topological polar surface area (TPSA) is 8.81 Å². The average Bonchev–Trinajstić information content (AvgIpc) is 2.88. The van der Waals surface area contributed by atoms with E-state index in [1.54, 1.807) is 0 Å². The van der Waals surface area contributed by atoms with Crippen LogP contribution in [0.4, 0.5) is 0 Å². The highest BCUT2D eigenvalue weighted by molar-refractivity contribution is 5.15. The molecule has 0 fully saturated rings. The number of aromatic nitrogens is 2. The molecule has 0 aliphatic rings. The van der Waals surface area contributed by atoms with Crippen LogP contribution >= 0.6 is 0 Å². The van der Waals surface area contributed by atoms with Crippen LogP contribution in [0.3, 0.4) is 0 Å². The van der Waals surface area contributed by atoms with Crippen molar-refractivity contribution in [3.63, 3.8) is 0 Å². The summed E-state index contributed by atoms with van der Waals surface area (Å²) in [5.74, 6) is 0. The summed E-state index contributed by atoms with van der Waals surface area (Å²) in [6.45, 7) is 1.81. The van der Waals surface area contributed by atoms with Crippen molar-refractivity contribution < 1.29 is 28.7 Å². The minimum Gasteiger partial charge on any atom is -1.00 e. The van der Waals surface area contributed by atoms with Crippen LogP contribution in [0.15, 0.2) is 79.1 Å². The molecule has 1 aromatic heterocycles. The Morgan fingerprint density at radius 3 is 2.00 bits per heavy atom. The van der Waals surface area contributed by atoms with Crippen molar-refractivity contribution in [1.29, 1.82) is 0 Å². The Balaban J connectivity index is 0.00000147. The first-order valence-corrected chi connectivity index (χ1v) is 6.54. The molecular weight excluding hydrogens is 359 g/mol. The van der Waals surface area contributed by atoms with Gasteiger partial charge in [-0.1, -0.05) is 60.7 Å². The van der Waals surface area contributed by atoms with Gasteiger partial charge in [0.05, 0.1) is 6.20 Å². The van der Waals surface area contributed by atoms with Crippen molar-refractivity contribution in [3.05, 3.63) is 90.3 Å². The lowest BCUT2D eigenvalue weighted by molar-refractivity contribution is -0.767. The summed E-state index contributed by atoms with van der Waals surface area (Å²) >= 11 is 0. The highest BCUT2D eigenvalue weighted by atomic mass is 127. The van der Waals surface area contributed by atoms with Gasteiger partial charge in [0.2, 0.25) is 0 Å². The maximum Gasteiger partial charge on any atom is 0.197 e. The van der Waals surface area contributed by atoms with Gasteiger partial charge in [0.1, 0.15) is 6.54 Å². The molecule has 102 valence electrons. The van der Waals surface area contributed by atoms with E-state index in [1.165, 1.54) is 11.1 Å². The third-order valence-electron chi connectivity index (χ3n) is 3.22. The third kappa shape index (κ3) is 3.70. The minimum atomic E-state index is 0. The van der Waals surface area contributed by atoms with Crippen molar-refractivity contribution in [3.8, 4) is 0 Å². The van der Waals surface area contributed by atoms with E-state index in [-0.39, 0.29) is 24.0 Å². The Hall–Kier alpha value is -1.62. The van der Waals surface area contributed by atoms with Gasteiger partial charge in [0.15, 0.2) is 12.7 Å². The standard InChI is InChI=1S/C17H17N2.HI/c1-3-8-16(9-4-1)14-18-12-7-13-19(18)15-17-10-5-2-6-11-17;/h1-13H,14-15H2;1H/q+1;/p-1. The number of hydrogen-bond acceptors (Lipinski definition) is 0. The molecule has 0 N–H and O–H groups in total. The molecule has 3 aromatic rings. The molecule has 0 saturated carbocycles. The van der Waals surface area contributed by atoms with Crippen molar-refractivity contribution >= 4 is 0 Å². The zero-order chi connectivity index (χ0) is 12.9. The third-order valence-corrected chi connectivity index (χ3v) is 3.22. The number of benzene rings is 2. The number of rotatable bonds is 4. The first kappa shape index (κ1) is 14.8. The summed E-state index contributed by atoms with van der Waals surface area (Å²) in [7, 11) is 0. The van der Waals surface area contributed by atoms with Crippen molar-refractivity contribution in [2.75, 3.05) is 0 Å². The van der Waals surface area contributed by atoms with Gasteiger partial charge < -0.3 is 24.0 Å². The van der Waals surface area contributed by atoms with Gasteiger partial charge in [0, 0.05) is 11.6 Å². The summed E-state index contributed by atoms with van der Waals surface area (Å²) in [6.07, 6.45) is 4.24. The molecule has 2 aromatic carbocycles. The molecule has 0 spiro atoms. The fourth-order valence-electron chi connectivity index (χ4n) is 2.24. The van der Waals surface area contributed by atoms with Crippen molar-refractivity contribution in [2.24, 2.45) is 0 Å². The highest BCUT2D eigenvalue weighted by Crippen LogP contribution is 2.02. The summed E-state index contributed by atoms with van der Waals surface area (Å²) in [4.78, 5) is 0. The molecule has 0 saturated heterocycles. The van der Waals surface area contributed by atoms with E-state index < -0.39 is 0 Å². The summed E-state index contributed by atoms with van der Waals surface area (Å²) in [5.41, 5.74) is 2.64. The van der Waals surface area contributed by atoms with Crippen LogP contribution in [-0.4, -0.2) is 4.68 Å². The maximum atomic E-state index is 2.24. The summed E-state index contributed by atoms with van der Waals surface area (Å²) in [6, 6.07) is 23.2. The summed E-state index contributed by atoms with van der Waals surface area (Å²) in [5, 5.41) is 0. The number of halogens is 1. The fourth-order valence-corrected chi connectivity index (χ4v) is 2.24. The van der Waals surface area contributed by atoms with Gasteiger partial charge >= 0.3 is 0 Å². The quantitative estimate of drug-likeness (QED) is 0.444. The zero-order valence-electron chi connectivity index (χ0n) is 11.2. The van der Waals surface area contributed by atoms with Gasteiger partial charge in [-0.05, 0) is 5.56 Å². The van der Waals surface area contributed by atoms with Crippen LogP contribution in [0, 0.1) is 0 Å². The fraction of sp³-hybridized carbons (Fsp3) is 0.118. The van der Waals surface area contributed by atoms with Crippen LogP contribution in [0.2, 0.25) is 0 Å². The van der Waals surface area contributed by atoms with E-state index >= 15 is 0 Å². The molecule has 0 aliphatic carbocycles. The van der Waals surface area contributed by atoms with Gasteiger partial charge in [-0.3, -0.25) is 0 Å². The van der Waals surface area contributed by atoms with Crippen molar-refractivity contribution in [1.82, 2.24) is 4.68 Å². The molecule has 3 heteroatoms. The lowest BCUT2D eigenvalue weighted by Crippen LogP contribution is -3.00. The second kappa shape index (κ2) is 7.24. The van der Waals surface area contributed by atoms with Crippen molar-refractivity contribution in [2.45, 2.75) is 13.1 Å². The molecule has 0 unspecified atom stereocenters. The zero-order valence-corrected chi connectivity index (χ0v) is 13.3. The molecule has 0 amide bonds. The Morgan fingerprint density at radius 1 is 0.750 bits per heavy atom. The Kier molecular flexibility index (Phi) is 5.35. The van der Waals surface area contributed by atoms with Gasteiger partial charge in [-0.15, -0.1) is 4.68 Å². The molecule has 3 rings (SSSR count). The van der Waals surface area contributed by atoms with E-state index in [0.29, 0.717) is 0 Å². The van der Waals surface area contributed by atoms with Crippen LogP contribution in [-0.2, 0) is 13.1 Å². The first-order valence-electron chi connectivity index (χ1n) is 6.54. The average molecular weight is 376 g/mol. The van der Waals surface area contributed by atoms with Gasteiger partial charge in [-0.2, -0.15) is 4.68 Å². The van der Waals surface area contributed by atoms with Crippen LogP contribution in [0.5, 0.6) is 0 Å². The number of nitrogens with zero attached hydrogens (tertiary/aromatic N) is 2. The van der Waals surface area contributed by atoms with E-state index in [4.69, 9.17) is 0 Å². The lowest BCUT2D eigenvalue weighted by atomic mass is 10.2. The Morgan fingerprint density at radius 2 is 1.35 bits per heavy atom. The van der Waals surface area contributed by atoms with E-state index in [9.17, 15) is 0 Å². The molecule has 20 heavy (non-hydrogen) atoms. The molecule has 0 atom stereocenters. The predicted molar refractivity (Wildman–Crippen MR) is 75.7 cm³/mol. The largest absolute Gasteiger partial charge is 1.00 e. The van der Waals surface area contributed by atoms with E-state index in [0.717, 1.165) is 13.1 Å². The van der Waals surface area contributed by atoms with E-state index in [2.05, 4.69) is 88.5 Å². The molecule has 0 aliphatic heterocycles. The van der Waals surface area contributed by atoms with E-state index in [1.807, 2.05) is 0 Å². The SMILES string of the molecule is [I-].c1ccc(Cn2ccc[n+]2Cc2ccccc2)cc1. The molecule has 2 nitrogen and oxygen atoms in total. The smallest absolute Gasteiger partial charge is 0.197 e. The first-order chi connectivity index (χ1) is 9.42. The molecule has 0 radical (unpaired) electrons. The van der Waals surface area contributed by atoms with Crippen LogP contribution < -0.4 is 28.7 Å². The number of hydrogen-bond donors (Lipinski definition) is 0. The van der Waals surface area contributed by atoms with Crippen LogP contribution in [0.25, 0.3) is 0 Å². The Labute approximate surface area is 136 Å². The normalized spacial score (nSPS) is 10.0. The lowest BCUT2D eigenvalue weighted by Gasteiger charge is -2.03. The Bertz CT molecular complexity index is 576. The molecular formula is C17H17IN2. The maximum absolute atomic E-state index is 2.24.